The van der Waals surface area contributed by atoms with Gasteiger partial charge in [-0.15, -0.1) is 11.8 Å². The molecule has 1 saturated carbocycles. The van der Waals surface area contributed by atoms with Crippen LogP contribution in [0.5, 0.6) is 0 Å². The van der Waals surface area contributed by atoms with Crippen molar-refractivity contribution >= 4 is 11.8 Å². The first-order valence-corrected chi connectivity index (χ1v) is 7.05. The molecule has 2 aliphatic rings. The predicted octanol–water partition coefficient (Wildman–Crippen LogP) is 3.40. The molecule has 0 aromatic heterocycles. The van der Waals surface area contributed by atoms with Crippen LogP contribution in [0.4, 0.5) is 0 Å². The monoisotopic (exact) mass is 213 g/mol. The smallest absolute Gasteiger partial charge is 0.0648 e. The van der Waals surface area contributed by atoms with Crippen LogP contribution >= 0.6 is 11.8 Å². The van der Waals surface area contributed by atoms with Crippen LogP contribution in [0.3, 0.4) is 0 Å². The van der Waals surface area contributed by atoms with Crippen molar-refractivity contribution in [2.75, 3.05) is 6.54 Å². The average molecular weight is 213 g/mol. The Morgan fingerprint density at radius 3 is 2.86 bits per heavy atom. The molecule has 82 valence electrons. The first-order chi connectivity index (χ1) is 6.74. The lowest BCUT2D eigenvalue weighted by Crippen LogP contribution is -2.36. The number of nitrogens with one attached hydrogen (secondary N) is 1. The summed E-state index contributed by atoms with van der Waals surface area (Å²) in [6.45, 7) is 5.93. The van der Waals surface area contributed by atoms with Gasteiger partial charge in [-0.05, 0) is 25.2 Å². The fourth-order valence-electron chi connectivity index (χ4n) is 2.88. The summed E-state index contributed by atoms with van der Waals surface area (Å²) in [5.74, 6) is 1.01. The number of rotatable bonds is 1. The molecule has 1 aliphatic heterocycles. The summed E-state index contributed by atoms with van der Waals surface area (Å²) < 4.78 is 0. The van der Waals surface area contributed by atoms with E-state index in [4.69, 9.17) is 0 Å². The molecule has 0 aromatic rings. The van der Waals surface area contributed by atoms with Crippen molar-refractivity contribution in [3.8, 4) is 0 Å². The molecule has 1 nitrogen and oxygen atoms in total. The fourth-order valence-corrected chi connectivity index (χ4v) is 4.49. The highest BCUT2D eigenvalue weighted by Gasteiger charge is 2.38. The number of hydrogen-bond donors (Lipinski definition) is 1. The van der Waals surface area contributed by atoms with E-state index in [0.717, 1.165) is 11.2 Å². The third-order valence-corrected chi connectivity index (χ3v) is 5.44. The summed E-state index contributed by atoms with van der Waals surface area (Å²) in [7, 11) is 0. The SMILES string of the molecule is CCC1CCCC2(CC1)NCC(C)S2. The molecule has 0 bridgehead atoms. The lowest BCUT2D eigenvalue weighted by molar-refractivity contribution is 0.415. The van der Waals surface area contributed by atoms with Crippen LogP contribution in [0.25, 0.3) is 0 Å². The molecule has 0 amide bonds. The van der Waals surface area contributed by atoms with Gasteiger partial charge in [0.1, 0.15) is 0 Å². The summed E-state index contributed by atoms with van der Waals surface area (Å²) in [5.41, 5.74) is 0. The van der Waals surface area contributed by atoms with Crippen molar-refractivity contribution in [3.05, 3.63) is 0 Å². The van der Waals surface area contributed by atoms with Gasteiger partial charge in [-0.3, -0.25) is 0 Å². The van der Waals surface area contributed by atoms with Crippen molar-refractivity contribution in [2.24, 2.45) is 5.92 Å². The predicted molar refractivity (Wildman–Crippen MR) is 64.7 cm³/mol. The molecule has 3 unspecified atom stereocenters. The Labute approximate surface area is 92.4 Å². The third-order valence-electron chi connectivity index (χ3n) is 3.87. The normalized spacial score (nSPS) is 44.1. The standard InChI is InChI=1S/C12H23NS/c1-3-11-5-4-7-12(8-6-11)13-9-10(2)14-12/h10-11,13H,3-9H2,1-2H3. The van der Waals surface area contributed by atoms with Crippen molar-refractivity contribution in [3.63, 3.8) is 0 Å². The van der Waals surface area contributed by atoms with Crippen LogP contribution in [0.2, 0.25) is 0 Å². The van der Waals surface area contributed by atoms with Gasteiger partial charge in [0, 0.05) is 11.8 Å². The van der Waals surface area contributed by atoms with Gasteiger partial charge in [0.15, 0.2) is 0 Å². The Kier molecular flexibility index (Phi) is 3.43. The molecule has 1 aliphatic carbocycles. The zero-order valence-electron chi connectivity index (χ0n) is 9.51. The van der Waals surface area contributed by atoms with E-state index in [2.05, 4.69) is 30.9 Å². The van der Waals surface area contributed by atoms with E-state index in [1.54, 1.807) is 0 Å². The Hall–Kier alpha value is 0.310. The van der Waals surface area contributed by atoms with Gasteiger partial charge in [-0.2, -0.15) is 0 Å². The Balaban J connectivity index is 1.94. The minimum absolute atomic E-state index is 0.476. The van der Waals surface area contributed by atoms with Gasteiger partial charge < -0.3 is 5.32 Å². The molecule has 2 fully saturated rings. The molecule has 1 N–H and O–H groups in total. The molecular weight excluding hydrogens is 190 g/mol. The van der Waals surface area contributed by atoms with Crippen LogP contribution in [-0.2, 0) is 0 Å². The topological polar surface area (TPSA) is 12.0 Å². The number of hydrogen-bond acceptors (Lipinski definition) is 2. The highest BCUT2D eigenvalue weighted by Crippen LogP contribution is 2.44. The van der Waals surface area contributed by atoms with Gasteiger partial charge >= 0.3 is 0 Å². The highest BCUT2D eigenvalue weighted by atomic mass is 32.2. The molecule has 0 radical (unpaired) electrons. The molecule has 1 heterocycles. The minimum Gasteiger partial charge on any atom is -0.302 e. The van der Waals surface area contributed by atoms with Crippen LogP contribution < -0.4 is 5.32 Å². The lowest BCUT2D eigenvalue weighted by atomic mass is 9.98. The molecule has 2 rings (SSSR count). The summed E-state index contributed by atoms with van der Waals surface area (Å²) in [5, 5.41) is 4.60. The minimum atomic E-state index is 0.476. The quantitative estimate of drug-likeness (QED) is 0.716. The maximum Gasteiger partial charge on any atom is 0.0648 e. The van der Waals surface area contributed by atoms with Crippen molar-refractivity contribution in [1.82, 2.24) is 5.32 Å². The van der Waals surface area contributed by atoms with E-state index in [1.807, 2.05) is 0 Å². The second-order valence-corrected chi connectivity index (χ2v) is 6.83. The van der Waals surface area contributed by atoms with Gasteiger partial charge in [0.2, 0.25) is 0 Å². The maximum absolute atomic E-state index is 3.77. The molecular formula is C12H23NS. The van der Waals surface area contributed by atoms with Crippen LogP contribution in [-0.4, -0.2) is 16.7 Å². The zero-order chi connectivity index (χ0) is 10.0. The van der Waals surface area contributed by atoms with E-state index in [1.165, 1.54) is 45.1 Å². The fraction of sp³-hybridized carbons (Fsp3) is 1.00. The van der Waals surface area contributed by atoms with E-state index in [9.17, 15) is 0 Å². The maximum atomic E-state index is 3.77. The molecule has 1 saturated heterocycles. The first kappa shape index (κ1) is 10.8. The van der Waals surface area contributed by atoms with Gasteiger partial charge in [0.05, 0.1) is 4.87 Å². The summed E-state index contributed by atoms with van der Waals surface area (Å²) >= 11 is 2.20. The molecule has 1 spiro atoms. The zero-order valence-corrected chi connectivity index (χ0v) is 10.3. The first-order valence-electron chi connectivity index (χ1n) is 6.17. The largest absolute Gasteiger partial charge is 0.302 e. The van der Waals surface area contributed by atoms with Gasteiger partial charge in [0.25, 0.3) is 0 Å². The second-order valence-electron chi connectivity index (χ2n) is 5.01. The molecule has 2 heteroatoms. The molecule has 0 aromatic carbocycles. The van der Waals surface area contributed by atoms with Gasteiger partial charge in [-0.25, -0.2) is 0 Å². The van der Waals surface area contributed by atoms with E-state index in [-0.39, 0.29) is 0 Å². The lowest BCUT2D eigenvalue weighted by Gasteiger charge is -2.27. The van der Waals surface area contributed by atoms with Gasteiger partial charge in [-0.1, -0.05) is 33.1 Å². The average Bonchev–Trinajstić information content (AvgIpc) is 2.44. The number of thioether (sulfide) groups is 1. The molecule has 14 heavy (non-hydrogen) atoms. The Morgan fingerprint density at radius 2 is 2.21 bits per heavy atom. The van der Waals surface area contributed by atoms with Crippen molar-refractivity contribution < 1.29 is 0 Å². The summed E-state index contributed by atoms with van der Waals surface area (Å²) in [6.07, 6.45) is 8.54. The van der Waals surface area contributed by atoms with E-state index < -0.39 is 0 Å². The van der Waals surface area contributed by atoms with E-state index >= 15 is 0 Å². The summed E-state index contributed by atoms with van der Waals surface area (Å²) in [6, 6.07) is 0. The third kappa shape index (κ3) is 2.27. The summed E-state index contributed by atoms with van der Waals surface area (Å²) in [4.78, 5) is 0.476. The Bertz CT molecular complexity index is 195. The van der Waals surface area contributed by atoms with Crippen LogP contribution in [0.15, 0.2) is 0 Å². The van der Waals surface area contributed by atoms with E-state index in [0.29, 0.717) is 4.87 Å². The van der Waals surface area contributed by atoms with Crippen molar-refractivity contribution in [2.45, 2.75) is 62.5 Å². The highest BCUT2D eigenvalue weighted by molar-refractivity contribution is 8.01. The second kappa shape index (κ2) is 4.44. The molecule has 3 atom stereocenters. The van der Waals surface area contributed by atoms with Crippen molar-refractivity contribution in [1.29, 1.82) is 0 Å². The van der Waals surface area contributed by atoms with Crippen LogP contribution in [0.1, 0.15) is 52.4 Å². The Morgan fingerprint density at radius 1 is 1.36 bits per heavy atom. The van der Waals surface area contributed by atoms with Crippen LogP contribution in [0, 0.1) is 5.92 Å².